The number of furan rings is 1. The number of rotatable bonds is 2. The topological polar surface area (TPSA) is 26.0 Å². The number of hydrogen-bond acceptors (Lipinski definition) is 2. The molecule has 2 heteroatoms. The van der Waals surface area contributed by atoms with E-state index in [4.69, 9.17) is 15.4 Å². The molecule has 0 N–H and O–H groups in total. The molecule has 0 radical (unpaired) electrons. The highest BCUT2D eigenvalue weighted by atomic mass is 16.3. The fraction of sp³-hybridized carbons (Fsp3) is 0.219. The zero-order chi connectivity index (χ0) is 30.4. The molecule has 0 saturated heterocycles. The average Bonchev–Trinajstić information content (AvgIpc) is 3.30. The van der Waals surface area contributed by atoms with Gasteiger partial charge in [0.2, 0.25) is 0 Å². The largest absolute Gasteiger partial charge is 0.455 e. The van der Waals surface area contributed by atoms with E-state index in [0.29, 0.717) is 33.2 Å². The van der Waals surface area contributed by atoms with E-state index in [-0.39, 0.29) is 16.7 Å². The van der Waals surface area contributed by atoms with Crippen molar-refractivity contribution in [2.45, 2.75) is 40.8 Å². The van der Waals surface area contributed by atoms with E-state index in [1.165, 1.54) is 18.3 Å². The molecule has 2 aromatic heterocycles. The van der Waals surface area contributed by atoms with Crippen molar-refractivity contribution in [3.05, 3.63) is 89.6 Å². The summed E-state index contributed by atoms with van der Waals surface area (Å²) < 4.78 is 73.5. The van der Waals surface area contributed by atoms with E-state index < -0.39 is 25.5 Å². The lowest BCUT2D eigenvalue weighted by atomic mass is 9.86. The Hall–Kier alpha value is -3.65. The first kappa shape index (κ1) is 13.9. The van der Waals surface area contributed by atoms with Gasteiger partial charge in [0, 0.05) is 38.9 Å². The van der Waals surface area contributed by atoms with Gasteiger partial charge in [0.25, 0.3) is 0 Å². The Morgan fingerprint density at radius 1 is 0.824 bits per heavy atom. The fourth-order valence-corrected chi connectivity index (χ4v) is 4.74. The summed E-state index contributed by atoms with van der Waals surface area (Å²) in [7, 11) is 0. The summed E-state index contributed by atoms with van der Waals surface area (Å²) in [4.78, 5) is 4.47. The molecule has 0 amide bonds. The maximum absolute atomic E-state index is 8.92. The van der Waals surface area contributed by atoms with Gasteiger partial charge in [-0.25, -0.2) is 0 Å². The average molecular weight is 452 g/mol. The van der Waals surface area contributed by atoms with E-state index >= 15 is 0 Å². The summed E-state index contributed by atoms with van der Waals surface area (Å²) in [5.41, 5.74) is 0.642. The van der Waals surface area contributed by atoms with Crippen molar-refractivity contribution in [3.63, 3.8) is 0 Å². The Kier molecular flexibility index (Phi) is 3.04. The lowest BCUT2D eigenvalue weighted by molar-refractivity contribution is 0.410. The number of aryl methyl sites for hydroxylation is 2. The van der Waals surface area contributed by atoms with Gasteiger partial charge in [0.15, 0.2) is 0 Å². The SMILES string of the molecule is [2H]C([2H])([2H])c1cnc(-c2ccc(C([2H])([2H])[2H])c3c2oc2c3ccc3ccc4ccccc4c32)cc1C([2H])([2H])C(C)(C)C. The molecule has 34 heavy (non-hydrogen) atoms. The van der Waals surface area contributed by atoms with Crippen LogP contribution in [0, 0.1) is 19.1 Å². The van der Waals surface area contributed by atoms with Gasteiger partial charge in [0.05, 0.1) is 5.69 Å². The highest BCUT2D eigenvalue weighted by Crippen LogP contribution is 2.42. The number of benzene rings is 4. The van der Waals surface area contributed by atoms with Crippen LogP contribution in [0.1, 0.15) is 48.4 Å². The second-order valence-corrected chi connectivity index (χ2v) is 9.78. The predicted octanol–water partition coefficient (Wildman–Crippen LogP) is 9.16. The molecule has 0 fully saturated rings. The fourth-order valence-electron chi connectivity index (χ4n) is 4.74. The number of fused-ring (bicyclic) bond motifs is 7. The van der Waals surface area contributed by atoms with Gasteiger partial charge in [-0.3, -0.25) is 4.98 Å². The molecular formula is C32H29NO. The van der Waals surface area contributed by atoms with Crippen LogP contribution in [0.3, 0.4) is 0 Å². The van der Waals surface area contributed by atoms with Gasteiger partial charge in [0.1, 0.15) is 11.2 Å². The number of pyridine rings is 1. The molecular weight excluding hydrogens is 414 g/mol. The third-order valence-electron chi connectivity index (χ3n) is 6.18. The van der Waals surface area contributed by atoms with Crippen LogP contribution < -0.4 is 0 Å². The van der Waals surface area contributed by atoms with Gasteiger partial charge >= 0.3 is 0 Å². The summed E-state index contributed by atoms with van der Waals surface area (Å²) in [6, 6.07) is 20.4. The summed E-state index contributed by atoms with van der Waals surface area (Å²) in [6.45, 7) is 0.130. The van der Waals surface area contributed by atoms with Gasteiger partial charge in [-0.2, -0.15) is 0 Å². The molecule has 2 heterocycles. The lowest BCUT2D eigenvalue weighted by Gasteiger charge is -2.20. The molecule has 0 unspecified atom stereocenters. The summed E-state index contributed by atoms with van der Waals surface area (Å²) in [5.74, 6) is 0. The van der Waals surface area contributed by atoms with Crippen LogP contribution in [0.2, 0.25) is 0 Å². The highest BCUT2D eigenvalue weighted by molar-refractivity contribution is 6.24. The maximum Gasteiger partial charge on any atom is 0.145 e. The minimum absolute atomic E-state index is 0.0144. The van der Waals surface area contributed by atoms with E-state index in [1.54, 1.807) is 26.8 Å². The normalized spacial score (nSPS) is 17.0. The molecule has 0 aliphatic rings. The van der Waals surface area contributed by atoms with Crippen LogP contribution in [-0.4, -0.2) is 4.98 Å². The maximum atomic E-state index is 8.92. The Bertz CT molecular complexity index is 2030. The van der Waals surface area contributed by atoms with E-state index in [9.17, 15) is 0 Å². The number of hydrogen-bond donors (Lipinski definition) is 0. The van der Waals surface area contributed by atoms with Crippen molar-refractivity contribution >= 4 is 43.5 Å². The molecule has 2 nitrogen and oxygen atoms in total. The van der Waals surface area contributed by atoms with Gasteiger partial charge in [-0.15, -0.1) is 0 Å². The van der Waals surface area contributed by atoms with Gasteiger partial charge in [-0.05, 0) is 76.5 Å². The minimum Gasteiger partial charge on any atom is -0.455 e. The van der Waals surface area contributed by atoms with Crippen molar-refractivity contribution in [2.75, 3.05) is 0 Å². The first-order chi connectivity index (χ1) is 19.5. The Morgan fingerprint density at radius 3 is 2.44 bits per heavy atom. The third kappa shape index (κ3) is 3.28. The standard InChI is InChI=1S/C32H29NO/c1-19-10-14-25(27-16-23(17-32(3,4)5)20(2)18-33-27)30-28(19)26-15-13-22-12-11-21-8-6-7-9-24(21)29(22)31(26)34-30/h6-16,18H,17H2,1-5H3/i1D3,2D3,17D2. The van der Waals surface area contributed by atoms with Gasteiger partial charge in [-0.1, -0.05) is 69.3 Å². The van der Waals surface area contributed by atoms with Crippen molar-refractivity contribution in [1.29, 1.82) is 0 Å². The highest BCUT2D eigenvalue weighted by Gasteiger charge is 2.19. The van der Waals surface area contributed by atoms with E-state index in [2.05, 4.69) is 4.98 Å². The molecule has 4 aromatic carbocycles. The zero-order valence-electron chi connectivity index (χ0n) is 27.3. The smallest absolute Gasteiger partial charge is 0.145 e. The summed E-state index contributed by atoms with van der Waals surface area (Å²) in [6.07, 6.45) is -0.814. The monoisotopic (exact) mass is 451 g/mol. The zero-order valence-corrected chi connectivity index (χ0v) is 19.3. The molecule has 6 rings (SSSR count). The molecule has 6 aromatic rings. The van der Waals surface area contributed by atoms with E-state index in [0.717, 1.165) is 21.5 Å². The van der Waals surface area contributed by atoms with Crippen LogP contribution in [0.5, 0.6) is 0 Å². The number of nitrogens with zero attached hydrogens (tertiary/aromatic N) is 1. The van der Waals surface area contributed by atoms with Crippen LogP contribution in [0.4, 0.5) is 0 Å². The molecule has 0 atom stereocenters. The third-order valence-corrected chi connectivity index (χ3v) is 6.18. The van der Waals surface area contributed by atoms with Crippen LogP contribution >= 0.6 is 0 Å². The minimum atomic E-state index is -2.58. The summed E-state index contributed by atoms with van der Waals surface area (Å²) >= 11 is 0. The first-order valence-electron chi connectivity index (χ1n) is 15.3. The van der Waals surface area contributed by atoms with Crippen molar-refractivity contribution in [1.82, 2.24) is 4.98 Å². The van der Waals surface area contributed by atoms with Gasteiger partial charge < -0.3 is 4.42 Å². The molecule has 0 aliphatic carbocycles. The quantitative estimate of drug-likeness (QED) is 0.245. The second-order valence-electron chi connectivity index (χ2n) is 9.78. The molecule has 0 spiro atoms. The van der Waals surface area contributed by atoms with E-state index in [1.807, 2.05) is 48.5 Å². The summed E-state index contributed by atoms with van der Waals surface area (Å²) in [5, 5.41) is 4.87. The molecule has 0 bridgehead atoms. The number of aromatic nitrogens is 1. The van der Waals surface area contributed by atoms with Crippen LogP contribution in [0.25, 0.3) is 54.7 Å². The Balaban J connectivity index is 1.74. The molecule has 0 aliphatic heterocycles. The first-order valence-corrected chi connectivity index (χ1v) is 11.3. The molecule has 168 valence electrons. The Labute approximate surface area is 211 Å². The van der Waals surface area contributed by atoms with Crippen molar-refractivity contribution in [2.24, 2.45) is 5.41 Å². The van der Waals surface area contributed by atoms with Crippen LogP contribution in [-0.2, 0) is 6.37 Å². The van der Waals surface area contributed by atoms with Crippen LogP contribution in [0.15, 0.2) is 77.3 Å². The second kappa shape index (κ2) is 7.43. The predicted molar refractivity (Wildman–Crippen MR) is 145 cm³/mol. The molecule has 0 saturated carbocycles. The van der Waals surface area contributed by atoms with Crippen molar-refractivity contribution < 1.29 is 15.4 Å². The van der Waals surface area contributed by atoms with Crippen molar-refractivity contribution in [3.8, 4) is 11.3 Å². The Morgan fingerprint density at radius 2 is 1.62 bits per heavy atom. The lowest BCUT2D eigenvalue weighted by Crippen LogP contribution is -2.10.